The fourth-order valence-corrected chi connectivity index (χ4v) is 4.90. The zero-order valence-corrected chi connectivity index (χ0v) is 14.8. The molecule has 0 radical (unpaired) electrons. The average molecular weight is 313 g/mol. The molecular weight excluding hydrogens is 299 g/mol. The molecule has 2 aliphatic rings. The summed E-state index contributed by atoms with van der Waals surface area (Å²) >= 11 is 3.26. The summed E-state index contributed by atoms with van der Waals surface area (Å²) in [4.78, 5) is 22.9. The number of rotatable bonds is 1. The van der Waals surface area contributed by atoms with Gasteiger partial charge in [0.05, 0.1) is 4.83 Å². The molecule has 2 aliphatic carbocycles. The smallest absolute Gasteiger partial charge is 0.549 e. The van der Waals surface area contributed by atoms with E-state index in [0.717, 1.165) is 0 Å². The van der Waals surface area contributed by atoms with E-state index >= 15 is 0 Å². The number of hydrogen-bond acceptors (Lipinski definition) is 3. The first kappa shape index (κ1) is 15.3. The number of carbonyl (C=O) groups excluding carboxylic acids is 2. The molecule has 84 valence electrons. The van der Waals surface area contributed by atoms with Gasteiger partial charge in [-0.25, -0.2) is 0 Å². The Bertz CT molecular complexity index is 368. The molecule has 2 fully saturated rings. The van der Waals surface area contributed by atoms with Crippen LogP contribution in [0.2, 0.25) is 0 Å². The van der Waals surface area contributed by atoms with Crippen molar-refractivity contribution >= 4 is 27.7 Å². The van der Waals surface area contributed by atoms with Gasteiger partial charge in [-0.1, -0.05) is 36.7 Å². The second kappa shape index (κ2) is 4.13. The van der Waals surface area contributed by atoms with E-state index in [0.29, 0.717) is 12.8 Å². The molecule has 0 heterocycles. The van der Waals surface area contributed by atoms with E-state index < -0.39 is 27.0 Å². The molecule has 3 nitrogen and oxygen atoms in total. The van der Waals surface area contributed by atoms with Crippen LogP contribution in [0.4, 0.5) is 0 Å². The van der Waals surface area contributed by atoms with Crippen LogP contribution in [0.25, 0.3) is 0 Å². The molecule has 0 N–H and O–H groups in total. The number of Topliss-reactive ketones (excluding diaryl/α,β-unsaturated/α-hetero) is 1. The Hall–Kier alpha value is 1.26. The molecule has 0 spiro atoms. The summed E-state index contributed by atoms with van der Waals surface area (Å²) in [5, 5.41) is 11.4. The third kappa shape index (κ3) is 1.33. The molecule has 0 saturated heterocycles. The first-order valence-electron chi connectivity index (χ1n) is 5.12. The van der Waals surface area contributed by atoms with Crippen LogP contribution in [0.3, 0.4) is 0 Å². The number of alkyl halides is 1. The van der Waals surface area contributed by atoms with Gasteiger partial charge >= 0.3 is 51.4 Å². The van der Waals surface area contributed by atoms with Crippen molar-refractivity contribution in [1.29, 1.82) is 0 Å². The summed E-state index contributed by atoms with van der Waals surface area (Å²) in [7, 11) is 0. The molecule has 5 heteroatoms. The zero-order valence-electron chi connectivity index (χ0n) is 10.1. The van der Waals surface area contributed by atoms with Crippen LogP contribution in [0.15, 0.2) is 0 Å². The van der Waals surface area contributed by atoms with E-state index in [1.54, 1.807) is 0 Å². The van der Waals surface area contributed by atoms with Crippen LogP contribution in [-0.4, -0.2) is 16.6 Å². The maximum atomic E-state index is 12.1. The van der Waals surface area contributed by atoms with Crippen LogP contribution >= 0.6 is 15.9 Å². The number of carbonyl (C=O) groups is 2. The summed E-state index contributed by atoms with van der Waals surface area (Å²) in [6, 6.07) is 0. The minimum atomic E-state index is -1.09. The largest absolute Gasteiger partial charge is 1.00 e. The van der Waals surface area contributed by atoms with Crippen LogP contribution < -0.4 is 56.5 Å². The van der Waals surface area contributed by atoms with Crippen LogP contribution in [-0.2, 0) is 9.59 Å². The van der Waals surface area contributed by atoms with Gasteiger partial charge in [-0.15, -0.1) is 0 Å². The molecule has 3 atom stereocenters. The van der Waals surface area contributed by atoms with Crippen molar-refractivity contribution in [3.63, 3.8) is 0 Å². The summed E-state index contributed by atoms with van der Waals surface area (Å²) in [6.45, 7) is 5.62. The Morgan fingerprint density at radius 1 is 1.38 bits per heavy atom. The first-order valence-corrected chi connectivity index (χ1v) is 6.03. The molecular formula is C11H14BrKO3. The molecule has 2 unspecified atom stereocenters. The van der Waals surface area contributed by atoms with Gasteiger partial charge in [-0.2, -0.15) is 0 Å². The van der Waals surface area contributed by atoms with Crippen LogP contribution in [0.1, 0.15) is 33.6 Å². The topological polar surface area (TPSA) is 57.2 Å². The predicted octanol–water partition coefficient (Wildman–Crippen LogP) is -2.10. The monoisotopic (exact) mass is 312 g/mol. The number of ketones is 1. The van der Waals surface area contributed by atoms with Gasteiger partial charge in [0.1, 0.15) is 0 Å². The molecule has 0 aromatic rings. The van der Waals surface area contributed by atoms with Crippen molar-refractivity contribution in [3.05, 3.63) is 0 Å². The van der Waals surface area contributed by atoms with Crippen molar-refractivity contribution in [2.45, 2.75) is 38.4 Å². The quantitative estimate of drug-likeness (QED) is 0.412. The number of aliphatic carboxylic acids is 1. The number of halogens is 1. The Balaban J connectivity index is 0.00000128. The summed E-state index contributed by atoms with van der Waals surface area (Å²) < 4.78 is 0. The van der Waals surface area contributed by atoms with Crippen molar-refractivity contribution in [1.82, 2.24) is 0 Å². The van der Waals surface area contributed by atoms with Gasteiger partial charge in [0.25, 0.3) is 0 Å². The summed E-state index contributed by atoms with van der Waals surface area (Å²) in [6.07, 6.45) is 1.18. The number of carboxylic acids is 1. The molecule has 0 aromatic carbocycles. The average Bonchev–Trinajstić information content (AvgIpc) is 2.39. The van der Waals surface area contributed by atoms with E-state index in [1.807, 2.05) is 20.8 Å². The first-order chi connectivity index (χ1) is 6.72. The zero-order chi connectivity index (χ0) is 11.6. The molecule has 2 bridgehead atoms. The normalized spacial score (nSPS) is 44.2. The van der Waals surface area contributed by atoms with Crippen molar-refractivity contribution in [2.24, 2.45) is 16.2 Å². The molecule has 0 aliphatic heterocycles. The fourth-order valence-electron chi connectivity index (χ4n) is 3.40. The van der Waals surface area contributed by atoms with E-state index in [-0.39, 0.29) is 57.2 Å². The van der Waals surface area contributed by atoms with Crippen molar-refractivity contribution in [3.8, 4) is 0 Å². The molecule has 0 aromatic heterocycles. The Labute approximate surface area is 146 Å². The van der Waals surface area contributed by atoms with Crippen LogP contribution in [0.5, 0.6) is 0 Å². The molecule has 2 rings (SSSR count). The van der Waals surface area contributed by atoms with E-state index in [1.165, 1.54) is 0 Å². The van der Waals surface area contributed by atoms with Crippen LogP contribution in [0, 0.1) is 16.2 Å². The van der Waals surface area contributed by atoms with Gasteiger partial charge < -0.3 is 9.90 Å². The SMILES string of the molecule is CC12CCC(C(=O)[O-])([C@H](Br)C1=O)C2(C)C.[K+]. The third-order valence-electron chi connectivity index (χ3n) is 5.08. The molecule has 0 amide bonds. The maximum Gasteiger partial charge on any atom is 1.00 e. The minimum absolute atomic E-state index is 0. The summed E-state index contributed by atoms with van der Waals surface area (Å²) in [5.41, 5.74) is -2.09. The van der Waals surface area contributed by atoms with Gasteiger partial charge in [0.2, 0.25) is 0 Å². The van der Waals surface area contributed by atoms with Crippen molar-refractivity contribution in [2.75, 3.05) is 0 Å². The second-order valence-electron chi connectivity index (χ2n) is 5.44. The number of fused-ring (bicyclic) bond motifs is 2. The van der Waals surface area contributed by atoms with Gasteiger partial charge in [-0.3, -0.25) is 4.79 Å². The van der Waals surface area contributed by atoms with E-state index in [4.69, 9.17) is 0 Å². The minimum Gasteiger partial charge on any atom is -0.549 e. The Kier molecular flexibility index (Phi) is 3.96. The molecule has 16 heavy (non-hydrogen) atoms. The third-order valence-corrected chi connectivity index (χ3v) is 6.28. The number of hydrogen-bond donors (Lipinski definition) is 0. The fraction of sp³-hybridized carbons (Fsp3) is 0.818. The van der Waals surface area contributed by atoms with E-state index in [2.05, 4.69) is 15.9 Å². The number of carboxylic acid groups (broad SMARTS) is 1. The van der Waals surface area contributed by atoms with E-state index in [9.17, 15) is 14.7 Å². The Morgan fingerprint density at radius 2 is 1.88 bits per heavy atom. The molecule has 2 saturated carbocycles. The van der Waals surface area contributed by atoms with Gasteiger partial charge in [0.15, 0.2) is 5.78 Å². The summed E-state index contributed by atoms with van der Waals surface area (Å²) in [5.74, 6) is -1.08. The second-order valence-corrected chi connectivity index (χ2v) is 6.36. The predicted molar refractivity (Wildman–Crippen MR) is 56.3 cm³/mol. The van der Waals surface area contributed by atoms with Gasteiger partial charge in [-0.05, 0) is 18.3 Å². The van der Waals surface area contributed by atoms with Gasteiger partial charge in [0, 0.05) is 16.8 Å². The standard InChI is InChI=1S/C11H15BrO3.K/c1-9(2)10(3)4-5-11(9,8(14)15)6(12)7(10)13;/h6H,4-5H2,1-3H3,(H,14,15);/q;+1/p-1/t6-,10?,11?;/m1./s1. The van der Waals surface area contributed by atoms with Crippen molar-refractivity contribution < 1.29 is 66.1 Å². The Morgan fingerprint density at radius 3 is 2.12 bits per heavy atom. The maximum absolute atomic E-state index is 12.1.